The molecule has 0 aromatic carbocycles. The van der Waals surface area contributed by atoms with Gasteiger partial charge in [-0.05, 0) is 18.2 Å². The predicted molar refractivity (Wildman–Crippen MR) is 58.3 cm³/mol. The Kier molecular flexibility index (Phi) is 4.53. The Bertz CT molecular complexity index is 278. The van der Waals surface area contributed by atoms with Crippen molar-refractivity contribution in [2.24, 2.45) is 0 Å². The molecule has 0 aliphatic carbocycles. The molecule has 0 unspecified atom stereocenters. The summed E-state index contributed by atoms with van der Waals surface area (Å²) in [6, 6.07) is 1.82. The zero-order valence-corrected chi connectivity index (χ0v) is 9.45. The molecule has 1 aromatic rings. The van der Waals surface area contributed by atoms with E-state index < -0.39 is 0 Å². The Labute approximate surface area is 88.1 Å². The molecule has 1 heterocycles. The maximum atomic E-state index is 5.85. The van der Waals surface area contributed by atoms with Crippen LogP contribution in [0.25, 0.3) is 0 Å². The van der Waals surface area contributed by atoms with Crippen molar-refractivity contribution >= 4 is 23.4 Å². The lowest BCUT2D eigenvalue weighted by atomic mass is 10.3. The summed E-state index contributed by atoms with van der Waals surface area (Å²) in [6.45, 7) is 4.19. The molecule has 72 valence electrons. The predicted octanol–water partition coefficient (Wildman–Crippen LogP) is 2.95. The van der Waals surface area contributed by atoms with E-state index in [-0.39, 0.29) is 0 Å². The van der Waals surface area contributed by atoms with Crippen molar-refractivity contribution in [3.63, 3.8) is 0 Å². The van der Waals surface area contributed by atoms with Crippen LogP contribution in [0.1, 0.15) is 25.4 Å². The SMILES string of the molecule is CCSCc1nc(Cl)cc(CC)n1. The van der Waals surface area contributed by atoms with Crippen LogP contribution in [-0.4, -0.2) is 15.7 Å². The van der Waals surface area contributed by atoms with E-state index in [1.807, 2.05) is 6.07 Å². The van der Waals surface area contributed by atoms with Crippen LogP contribution in [0.4, 0.5) is 0 Å². The number of thioether (sulfide) groups is 1. The summed E-state index contributed by atoms with van der Waals surface area (Å²) < 4.78 is 0. The first-order chi connectivity index (χ1) is 6.26. The highest BCUT2D eigenvalue weighted by molar-refractivity contribution is 7.98. The average Bonchev–Trinajstić information content (AvgIpc) is 2.14. The summed E-state index contributed by atoms with van der Waals surface area (Å²) in [5.74, 6) is 2.78. The van der Waals surface area contributed by atoms with E-state index in [9.17, 15) is 0 Å². The van der Waals surface area contributed by atoms with Gasteiger partial charge in [0.05, 0.1) is 5.75 Å². The van der Waals surface area contributed by atoms with E-state index in [1.54, 1.807) is 11.8 Å². The molecule has 1 aromatic heterocycles. The fraction of sp³-hybridized carbons (Fsp3) is 0.556. The van der Waals surface area contributed by atoms with Gasteiger partial charge >= 0.3 is 0 Å². The zero-order valence-electron chi connectivity index (χ0n) is 7.88. The molecule has 0 aliphatic rings. The fourth-order valence-corrected chi connectivity index (χ4v) is 1.69. The number of hydrogen-bond donors (Lipinski definition) is 0. The quantitative estimate of drug-likeness (QED) is 0.724. The van der Waals surface area contributed by atoms with Crippen molar-refractivity contribution in [3.05, 3.63) is 22.7 Å². The minimum Gasteiger partial charge on any atom is -0.237 e. The first-order valence-electron chi connectivity index (χ1n) is 4.36. The minimum atomic E-state index is 0.554. The lowest BCUT2D eigenvalue weighted by Gasteiger charge is -2.01. The van der Waals surface area contributed by atoms with E-state index in [2.05, 4.69) is 23.8 Å². The summed E-state index contributed by atoms with van der Waals surface area (Å²) in [5.41, 5.74) is 1.02. The second-order valence-corrected chi connectivity index (χ2v) is 4.25. The van der Waals surface area contributed by atoms with Crippen LogP contribution in [0.2, 0.25) is 5.15 Å². The number of aromatic nitrogens is 2. The number of aryl methyl sites for hydroxylation is 1. The summed E-state index contributed by atoms with van der Waals surface area (Å²) in [6.07, 6.45) is 0.909. The van der Waals surface area contributed by atoms with E-state index in [1.165, 1.54) is 0 Å². The first-order valence-corrected chi connectivity index (χ1v) is 5.89. The van der Waals surface area contributed by atoms with Gasteiger partial charge in [0.25, 0.3) is 0 Å². The summed E-state index contributed by atoms with van der Waals surface area (Å²) in [7, 11) is 0. The zero-order chi connectivity index (χ0) is 9.68. The fourth-order valence-electron chi connectivity index (χ4n) is 0.955. The van der Waals surface area contributed by atoms with E-state index in [4.69, 9.17) is 11.6 Å². The molecular formula is C9H13ClN2S. The average molecular weight is 217 g/mol. The van der Waals surface area contributed by atoms with Crippen LogP contribution in [0.3, 0.4) is 0 Å². The van der Waals surface area contributed by atoms with Crippen LogP contribution in [0.5, 0.6) is 0 Å². The van der Waals surface area contributed by atoms with Gasteiger partial charge in [0.15, 0.2) is 0 Å². The first kappa shape index (κ1) is 10.8. The third-order valence-corrected chi connectivity index (χ3v) is 2.66. The van der Waals surface area contributed by atoms with E-state index >= 15 is 0 Å². The van der Waals surface area contributed by atoms with Gasteiger partial charge < -0.3 is 0 Å². The summed E-state index contributed by atoms with van der Waals surface area (Å²) in [5, 5.41) is 0.554. The van der Waals surface area contributed by atoms with Crippen LogP contribution in [-0.2, 0) is 12.2 Å². The van der Waals surface area contributed by atoms with E-state index in [0.29, 0.717) is 5.15 Å². The molecular weight excluding hydrogens is 204 g/mol. The minimum absolute atomic E-state index is 0.554. The molecule has 0 spiro atoms. The second kappa shape index (κ2) is 5.45. The molecule has 2 nitrogen and oxygen atoms in total. The smallest absolute Gasteiger partial charge is 0.140 e. The molecule has 0 radical (unpaired) electrons. The second-order valence-electron chi connectivity index (χ2n) is 2.59. The number of halogens is 1. The monoisotopic (exact) mass is 216 g/mol. The van der Waals surface area contributed by atoms with Crippen molar-refractivity contribution in [1.29, 1.82) is 0 Å². The Morgan fingerprint density at radius 1 is 1.38 bits per heavy atom. The molecule has 0 aliphatic heterocycles. The van der Waals surface area contributed by atoms with Crippen molar-refractivity contribution in [2.75, 3.05) is 5.75 Å². The lowest BCUT2D eigenvalue weighted by Crippen LogP contribution is -1.97. The third kappa shape index (κ3) is 3.53. The highest BCUT2D eigenvalue weighted by Crippen LogP contribution is 2.12. The Hall–Kier alpha value is -0.280. The molecule has 0 N–H and O–H groups in total. The van der Waals surface area contributed by atoms with Gasteiger partial charge in [0.1, 0.15) is 11.0 Å². The molecule has 0 fully saturated rings. The van der Waals surface area contributed by atoms with Crippen LogP contribution < -0.4 is 0 Å². The van der Waals surface area contributed by atoms with Crippen LogP contribution in [0, 0.1) is 0 Å². The number of nitrogens with zero attached hydrogens (tertiary/aromatic N) is 2. The van der Waals surface area contributed by atoms with E-state index in [0.717, 1.165) is 29.4 Å². The number of hydrogen-bond acceptors (Lipinski definition) is 3. The maximum absolute atomic E-state index is 5.85. The van der Waals surface area contributed by atoms with Gasteiger partial charge in [-0.2, -0.15) is 11.8 Å². The Morgan fingerprint density at radius 3 is 2.77 bits per heavy atom. The van der Waals surface area contributed by atoms with Gasteiger partial charge in [0.2, 0.25) is 0 Å². The topological polar surface area (TPSA) is 25.8 Å². The van der Waals surface area contributed by atoms with Gasteiger partial charge in [-0.15, -0.1) is 0 Å². The maximum Gasteiger partial charge on any atom is 0.140 e. The highest BCUT2D eigenvalue weighted by atomic mass is 35.5. The van der Waals surface area contributed by atoms with Gasteiger partial charge in [-0.3, -0.25) is 0 Å². The largest absolute Gasteiger partial charge is 0.237 e. The molecule has 0 saturated heterocycles. The highest BCUT2D eigenvalue weighted by Gasteiger charge is 2.01. The summed E-state index contributed by atoms with van der Waals surface area (Å²) in [4.78, 5) is 8.53. The van der Waals surface area contributed by atoms with Crippen LogP contribution >= 0.6 is 23.4 Å². The van der Waals surface area contributed by atoms with Gasteiger partial charge in [-0.1, -0.05) is 25.4 Å². The molecule has 0 amide bonds. The van der Waals surface area contributed by atoms with Crippen molar-refractivity contribution in [1.82, 2.24) is 9.97 Å². The molecule has 0 atom stereocenters. The molecule has 4 heteroatoms. The molecule has 1 rings (SSSR count). The lowest BCUT2D eigenvalue weighted by molar-refractivity contribution is 0.940. The Morgan fingerprint density at radius 2 is 2.15 bits per heavy atom. The molecule has 13 heavy (non-hydrogen) atoms. The Balaban J connectivity index is 2.76. The summed E-state index contributed by atoms with van der Waals surface area (Å²) >= 11 is 7.65. The van der Waals surface area contributed by atoms with Gasteiger partial charge in [0, 0.05) is 5.69 Å². The van der Waals surface area contributed by atoms with Crippen molar-refractivity contribution in [2.45, 2.75) is 26.0 Å². The van der Waals surface area contributed by atoms with Crippen LogP contribution in [0.15, 0.2) is 6.07 Å². The number of rotatable bonds is 4. The molecule has 0 bridgehead atoms. The molecule has 0 saturated carbocycles. The van der Waals surface area contributed by atoms with Crippen molar-refractivity contribution in [3.8, 4) is 0 Å². The third-order valence-electron chi connectivity index (χ3n) is 1.59. The normalized spacial score (nSPS) is 10.4. The van der Waals surface area contributed by atoms with Crippen molar-refractivity contribution < 1.29 is 0 Å². The standard InChI is InChI=1S/C9H13ClN2S/c1-3-7-5-8(10)12-9(11-7)6-13-4-2/h5H,3-4,6H2,1-2H3. The van der Waals surface area contributed by atoms with Gasteiger partial charge in [-0.25, -0.2) is 9.97 Å².